The Bertz CT molecular complexity index is 578. The van der Waals surface area contributed by atoms with Crippen LogP contribution in [0.5, 0.6) is 5.88 Å². The Morgan fingerprint density at radius 1 is 1.20 bits per heavy atom. The lowest BCUT2D eigenvalue weighted by atomic mass is 10.2. The standard InChI is InChI=1S/C14H16FN3O2/c1-16-12-7-14(18-13(17-12)9-19-2)20-8-10-5-3-4-6-11(10)15/h3-7H,8-9H2,1-2H3,(H,16,17,18). The van der Waals surface area contributed by atoms with Crippen LogP contribution in [0.2, 0.25) is 0 Å². The van der Waals surface area contributed by atoms with Crippen molar-refractivity contribution in [2.45, 2.75) is 13.2 Å². The number of anilines is 1. The van der Waals surface area contributed by atoms with Crippen molar-refractivity contribution >= 4 is 5.82 Å². The second kappa shape index (κ2) is 6.81. The molecule has 0 aliphatic rings. The van der Waals surface area contributed by atoms with Crippen molar-refractivity contribution in [1.29, 1.82) is 0 Å². The van der Waals surface area contributed by atoms with Gasteiger partial charge >= 0.3 is 0 Å². The van der Waals surface area contributed by atoms with Crippen LogP contribution in [0.3, 0.4) is 0 Å². The molecular formula is C14H16FN3O2. The molecule has 6 heteroatoms. The number of rotatable bonds is 6. The number of halogens is 1. The van der Waals surface area contributed by atoms with Crippen LogP contribution < -0.4 is 10.1 Å². The van der Waals surface area contributed by atoms with Crippen LogP contribution in [-0.4, -0.2) is 24.1 Å². The highest BCUT2D eigenvalue weighted by Gasteiger charge is 2.07. The quantitative estimate of drug-likeness (QED) is 0.878. The summed E-state index contributed by atoms with van der Waals surface area (Å²) in [5, 5.41) is 2.91. The monoisotopic (exact) mass is 277 g/mol. The molecule has 0 aliphatic heterocycles. The lowest BCUT2D eigenvalue weighted by Gasteiger charge is -2.09. The summed E-state index contributed by atoms with van der Waals surface area (Å²) in [7, 11) is 3.31. The molecule has 0 saturated heterocycles. The first-order chi connectivity index (χ1) is 9.72. The van der Waals surface area contributed by atoms with Crippen LogP contribution in [0.4, 0.5) is 10.2 Å². The summed E-state index contributed by atoms with van der Waals surface area (Å²) >= 11 is 0. The molecular weight excluding hydrogens is 261 g/mol. The van der Waals surface area contributed by atoms with Crippen molar-refractivity contribution in [3.63, 3.8) is 0 Å². The van der Waals surface area contributed by atoms with Crippen LogP contribution in [-0.2, 0) is 18.0 Å². The number of nitrogens with one attached hydrogen (secondary N) is 1. The highest BCUT2D eigenvalue weighted by molar-refractivity contribution is 5.37. The third-order valence-electron chi connectivity index (χ3n) is 2.61. The lowest BCUT2D eigenvalue weighted by Crippen LogP contribution is -2.05. The molecule has 2 aromatic rings. The van der Waals surface area contributed by atoms with Gasteiger partial charge in [-0.3, -0.25) is 0 Å². The van der Waals surface area contributed by atoms with Crippen LogP contribution in [0.15, 0.2) is 30.3 Å². The van der Waals surface area contributed by atoms with Gasteiger partial charge in [0.05, 0.1) is 0 Å². The first kappa shape index (κ1) is 14.2. The van der Waals surface area contributed by atoms with Gasteiger partial charge in [-0.25, -0.2) is 9.37 Å². The number of ether oxygens (including phenoxy) is 2. The number of benzene rings is 1. The Labute approximate surface area is 116 Å². The van der Waals surface area contributed by atoms with Gasteiger partial charge in [0.25, 0.3) is 0 Å². The predicted molar refractivity (Wildman–Crippen MR) is 73.0 cm³/mol. The van der Waals surface area contributed by atoms with Gasteiger partial charge in [0.1, 0.15) is 24.8 Å². The van der Waals surface area contributed by atoms with Gasteiger partial charge in [-0.2, -0.15) is 4.98 Å². The van der Waals surface area contributed by atoms with E-state index < -0.39 is 0 Å². The van der Waals surface area contributed by atoms with Crippen LogP contribution in [0, 0.1) is 5.82 Å². The Hall–Kier alpha value is -2.21. The Morgan fingerprint density at radius 3 is 2.70 bits per heavy atom. The van der Waals surface area contributed by atoms with Gasteiger partial charge in [-0.05, 0) is 6.07 Å². The molecule has 1 heterocycles. The van der Waals surface area contributed by atoms with E-state index in [0.29, 0.717) is 23.1 Å². The van der Waals surface area contributed by atoms with E-state index in [1.165, 1.54) is 6.07 Å². The molecule has 0 bridgehead atoms. The zero-order valence-corrected chi connectivity index (χ0v) is 11.4. The zero-order chi connectivity index (χ0) is 14.4. The molecule has 1 aromatic heterocycles. The second-order valence-electron chi connectivity index (χ2n) is 4.07. The molecule has 0 aliphatic carbocycles. The van der Waals surface area contributed by atoms with Gasteiger partial charge in [0, 0.05) is 25.8 Å². The topological polar surface area (TPSA) is 56.3 Å². The Morgan fingerprint density at radius 2 is 2.00 bits per heavy atom. The van der Waals surface area contributed by atoms with Crippen molar-refractivity contribution < 1.29 is 13.9 Å². The molecule has 1 aromatic carbocycles. The predicted octanol–water partition coefficient (Wildman–Crippen LogP) is 2.38. The maximum absolute atomic E-state index is 13.5. The fourth-order valence-corrected chi connectivity index (χ4v) is 1.64. The molecule has 0 fully saturated rings. The average molecular weight is 277 g/mol. The largest absolute Gasteiger partial charge is 0.473 e. The smallest absolute Gasteiger partial charge is 0.219 e. The van der Waals surface area contributed by atoms with Crippen LogP contribution >= 0.6 is 0 Å². The summed E-state index contributed by atoms with van der Waals surface area (Å²) in [5.74, 6) is 1.20. The third-order valence-corrected chi connectivity index (χ3v) is 2.61. The summed E-state index contributed by atoms with van der Waals surface area (Å²) in [6, 6.07) is 8.12. The van der Waals surface area contributed by atoms with E-state index in [9.17, 15) is 4.39 Å². The zero-order valence-electron chi connectivity index (χ0n) is 11.4. The normalized spacial score (nSPS) is 10.3. The molecule has 20 heavy (non-hydrogen) atoms. The molecule has 0 unspecified atom stereocenters. The summed E-state index contributed by atoms with van der Waals surface area (Å²) < 4.78 is 24.0. The fraction of sp³-hybridized carbons (Fsp3) is 0.286. The first-order valence-corrected chi connectivity index (χ1v) is 6.13. The fourth-order valence-electron chi connectivity index (χ4n) is 1.64. The number of methoxy groups -OCH3 is 1. The second-order valence-corrected chi connectivity index (χ2v) is 4.07. The highest BCUT2D eigenvalue weighted by atomic mass is 19.1. The number of hydrogen-bond donors (Lipinski definition) is 1. The lowest BCUT2D eigenvalue weighted by molar-refractivity contribution is 0.176. The molecule has 5 nitrogen and oxygen atoms in total. The van der Waals surface area contributed by atoms with Crippen molar-refractivity contribution in [2.24, 2.45) is 0 Å². The van der Waals surface area contributed by atoms with Gasteiger partial charge in [-0.15, -0.1) is 0 Å². The van der Waals surface area contributed by atoms with Gasteiger partial charge in [-0.1, -0.05) is 18.2 Å². The van der Waals surface area contributed by atoms with E-state index in [1.54, 1.807) is 38.4 Å². The Balaban J connectivity index is 2.12. The molecule has 0 radical (unpaired) electrons. The van der Waals surface area contributed by atoms with Crippen molar-refractivity contribution in [3.05, 3.63) is 47.5 Å². The number of nitrogens with zero attached hydrogens (tertiary/aromatic N) is 2. The minimum Gasteiger partial charge on any atom is -0.473 e. The van der Waals surface area contributed by atoms with Gasteiger partial charge < -0.3 is 14.8 Å². The SMILES string of the molecule is CNc1cc(OCc2ccccc2F)nc(COC)n1. The molecule has 0 atom stereocenters. The van der Waals surface area contributed by atoms with E-state index in [0.717, 1.165) is 0 Å². The highest BCUT2D eigenvalue weighted by Crippen LogP contribution is 2.16. The van der Waals surface area contributed by atoms with E-state index in [-0.39, 0.29) is 19.0 Å². The van der Waals surface area contributed by atoms with Crippen LogP contribution in [0.1, 0.15) is 11.4 Å². The molecule has 106 valence electrons. The Kier molecular flexibility index (Phi) is 4.84. The summed E-state index contributed by atoms with van der Waals surface area (Å²) in [6.45, 7) is 0.394. The maximum Gasteiger partial charge on any atom is 0.219 e. The maximum atomic E-state index is 13.5. The molecule has 0 saturated carbocycles. The molecule has 0 amide bonds. The van der Waals surface area contributed by atoms with E-state index in [2.05, 4.69) is 15.3 Å². The van der Waals surface area contributed by atoms with E-state index in [1.807, 2.05) is 0 Å². The third kappa shape index (κ3) is 3.64. The number of aromatic nitrogens is 2. The average Bonchev–Trinajstić information content (AvgIpc) is 2.46. The van der Waals surface area contributed by atoms with Crippen molar-refractivity contribution in [3.8, 4) is 5.88 Å². The van der Waals surface area contributed by atoms with E-state index in [4.69, 9.17) is 9.47 Å². The van der Waals surface area contributed by atoms with Crippen LogP contribution in [0.25, 0.3) is 0 Å². The minimum atomic E-state index is -0.299. The van der Waals surface area contributed by atoms with Crippen molar-refractivity contribution in [1.82, 2.24) is 9.97 Å². The summed E-state index contributed by atoms with van der Waals surface area (Å²) in [6.07, 6.45) is 0. The van der Waals surface area contributed by atoms with Gasteiger partial charge in [0.2, 0.25) is 5.88 Å². The van der Waals surface area contributed by atoms with Gasteiger partial charge in [0.15, 0.2) is 5.82 Å². The molecule has 2 rings (SSSR count). The minimum absolute atomic E-state index is 0.110. The molecule has 0 spiro atoms. The first-order valence-electron chi connectivity index (χ1n) is 6.13. The van der Waals surface area contributed by atoms with Crippen molar-refractivity contribution in [2.75, 3.05) is 19.5 Å². The summed E-state index contributed by atoms with van der Waals surface area (Å²) in [4.78, 5) is 8.41. The van der Waals surface area contributed by atoms with E-state index >= 15 is 0 Å². The number of hydrogen-bond acceptors (Lipinski definition) is 5. The molecule has 1 N–H and O–H groups in total. The summed E-state index contributed by atoms with van der Waals surface area (Å²) in [5.41, 5.74) is 0.477.